The van der Waals surface area contributed by atoms with E-state index in [1.807, 2.05) is 0 Å². The third kappa shape index (κ3) is 3.86. The molecule has 0 atom stereocenters. The van der Waals surface area contributed by atoms with Crippen LogP contribution in [-0.4, -0.2) is 30.4 Å². The first-order chi connectivity index (χ1) is 7.84. The van der Waals surface area contributed by atoms with Gasteiger partial charge in [-0.3, -0.25) is 4.79 Å². The molecule has 0 saturated heterocycles. The molecule has 8 heteroatoms. The van der Waals surface area contributed by atoms with Gasteiger partial charge in [-0.05, 0) is 6.92 Å². The Balaban J connectivity index is 2.82. The van der Waals surface area contributed by atoms with E-state index in [1.54, 1.807) is 13.0 Å². The normalized spacial score (nSPS) is 11.2. The summed E-state index contributed by atoms with van der Waals surface area (Å²) in [6.45, 7) is 5.39. The van der Waals surface area contributed by atoms with Crippen LogP contribution < -0.4 is 5.32 Å². The number of imidazole rings is 1. The van der Waals surface area contributed by atoms with Crippen molar-refractivity contribution in [1.29, 1.82) is 0 Å². The number of amides is 1. The predicted molar refractivity (Wildman–Crippen MR) is 63.2 cm³/mol. The number of rotatable bonds is 5. The van der Waals surface area contributed by atoms with E-state index in [1.165, 1.54) is 10.8 Å². The number of nitrogens with one attached hydrogen (secondary N) is 1. The molecular weight excluding hydrogens is 266 g/mol. The van der Waals surface area contributed by atoms with E-state index < -0.39 is 9.05 Å². The number of aryl methyl sites for hydroxylation is 1. The maximum absolute atomic E-state index is 11.4. The molecule has 1 heterocycles. The molecule has 0 bridgehead atoms. The highest BCUT2D eigenvalue weighted by atomic mass is 35.7. The molecule has 17 heavy (non-hydrogen) atoms. The zero-order valence-electron chi connectivity index (χ0n) is 9.18. The minimum atomic E-state index is -3.86. The van der Waals surface area contributed by atoms with Crippen LogP contribution in [0.4, 0.5) is 0 Å². The number of hydrogen-bond acceptors (Lipinski definition) is 4. The lowest BCUT2D eigenvalue weighted by Gasteiger charge is -2.04. The van der Waals surface area contributed by atoms with E-state index in [0.29, 0.717) is 12.4 Å². The minimum absolute atomic E-state index is 0.0148. The largest absolute Gasteiger partial charge is 0.351 e. The SMILES string of the molecule is C=CCNC(=O)Cn1cc(S(=O)(=O)Cl)nc1C. The molecule has 0 radical (unpaired) electrons. The van der Waals surface area contributed by atoms with Crippen molar-refractivity contribution in [2.24, 2.45) is 0 Å². The molecule has 0 aliphatic carbocycles. The summed E-state index contributed by atoms with van der Waals surface area (Å²) in [5.41, 5.74) is 0. The maximum atomic E-state index is 11.4. The first-order valence-corrected chi connectivity index (χ1v) is 7.01. The van der Waals surface area contributed by atoms with Gasteiger partial charge < -0.3 is 9.88 Å². The summed E-state index contributed by atoms with van der Waals surface area (Å²) >= 11 is 0. The summed E-state index contributed by atoms with van der Waals surface area (Å²) in [7, 11) is 1.28. The lowest BCUT2D eigenvalue weighted by atomic mass is 10.5. The summed E-state index contributed by atoms with van der Waals surface area (Å²) in [4.78, 5) is 15.2. The molecule has 0 aromatic carbocycles. The van der Waals surface area contributed by atoms with Gasteiger partial charge in [0, 0.05) is 23.4 Å². The molecule has 0 unspecified atom stereocenters. The van der Waals surface area contributed by atoms with Gasteiger partial charge in [0.25, 0.3) is 9.05 Å². The Bertz CT molecular complexity index is 536. The second kappa shape index (κ2) is 5.33. The molecule has 94 valence electrons. The molecule has 0 aliphatic heterocycles. The second-order valence-corrected chi connectivity index (χ2v) is 5.80. The van der Waals surface area contributed by atoms with Crippen LogP contribution in [0, 0.1) is 6.92 Å². The monoisotopic (exact) mass is 277 g/mol. The van der Waals surface area contributed by atoms with E-state index in [-0.39, 0.29) is 17.5 Å². The first kappa shape index (κ1) is 13.7. The number of nitrogens with zero attached hydrogens (tertiary/aromatic N) is 2. The van der Waals surface area contributed by atoms with Gasteiger partial charge in [0.2, 0.25) is 5.91 Å². The summed E-state index contributed by atoms with van der Waals surface area (Å²) in [6, 6.07) is 0. The molecule has 1 aromatic rings. The number of halogens is 1. The molecule has 1 aromatic heterocycles. The lowest BCUT2D eigenvalue weighted by molar-refractivity contribution is -0.121. The zero-order chi connectivity index (χ0) is 13.1. The average Bonchev–Trinajstić information content (AvgIpc) is 2.57. The quantitative estimate of drug-likeness (QED) is 0.625. The Hall–Kier alpha value is -1.34. The molecule has 1 amide bonds. The topological polar surface area (TPSA) is 81.1 Å². The molecule has 0 saturated carbocycles. The Kier molecular flexibility index (Phi) is 4.30. The molecule has 0 aliphatic rings. The fourth-order valence-corrected chi connectivity index (χ4v) is 1.87. The summed E-state index contributed by atoms with van der Waals surface area (Å²) in [5.74, 6) is 0.141. The van der Waals surface area contributed by atoms with Crippen molar-refractivity contribution in [1.82, 2.24) is 14.9 Å². The van der Waals surface area contributed by atoms with Crippen LogP contribution in [0.25, 0.3) is 0 Å². The van der Waals surface area contributed by atoms with Crippen molar-refractivity contribution >= 4 is 25.6 Å². The smallest absolute Gasteiger partial charge is 0.280 e. The van der Waals surface area contributed by atoms with Gasteiger partial charge in [0.15, 0.2) is 5.03 Å². The molecule has 0 spiro atoms. The number of carbonyl (C=O) groups is 1. The van der Waals surface area contributed by atoms with Gasteiger partial charge in [-0.15, -0.1) is 6.58 Å². The zero-order valence-corrected chi connectivity index (χ0v) is 10.8. The Morgan fingerprint density at radius 2 is 2.35 bits per heavy atom. The number of carbonyl (C=O) groups excluding carboxylic acids is 1. The molecular formula is C9H12ClN3O3S. The Morgan fingerprint density at radius 3 is 2.82 bits per heavy atom. The van der Waals surface area contributed by atoms with E-state index in [4.69, 9.17) is 10.7 Å². The lowest BCUT2D eigenvalue weighted by Crippen LogP contribution is -2.27. The van der Waals surface area contributed by atoms with E-state index in [0.717, 1.165) is 0 Å². The minimum Gasteiger partial charge on any atom is -0.351 e. The summed E-state index contributed by atoms with van der Waals surface area (Å²) < 4.78 is 23.5. The Morgan fingerprint density at radius 1 is 1.71 bits per heavy atom. The van der Waals surface area contributed by atoms with E-state index >= 15 is 0 Å². The molecule has 6 nitrogen and oxygen atoms in total. The van der Waals surface area contributed by atoms with Crippen molar-refractivity contribution < 1.29 is 13.2 Å². The average molecular weight is 278 g/mol. The molecule has 1 rings (SSSR count). The number of aromatic nitrogens is 2. The molecule has 0 fully saturated rings. The fraction of sp³-hybridized carbons (Fsp3) is 0.333. The second-order valence-electron chi connectivity index (χ2n) is 3.28. The summed E-state index contributed by atoms with van der Waals surface area (Å²) in [5, 5.41) is 2.31. The van der Waals surface area contributed by atoms with Gasteiger partial charge in [0.05, 0.1) is 0 Å². The third-order valence-corrected chi connectivity index (χ3v) is 3.13. The van der Waals surface area contributed by atoms with Crippen LogP contribution in [0.2, 0.25) is 0 Å². The predicted octanol–water partition coefficient (Wildman–Crippen LogP) is 0.421. The van der Waals surface area contributed by atoms with Crippen LogP contribution in [0.15, 0.2) is 23.9 Å². The highest BCUT2D eigenvalue weighted by Crippen LogP contribution is 2.13. The van der Waals surface area contributed by atoms with Gasteiger partial charge in [-0.1, -0.05) is 6.08 Å². The van der Waals surface area contributed by atoms with Crippen LogP contribution >= 0.6 is 10.7 Å². The van der Waals surface area contributed by atoms with E-state index in [9.17, 15) is 13.2 Å². The van der Waals surface area contributed by atoms with Crippen LogP contribution in [0.5, 0.6) is 0 Å². The van der Waals surface area contributed by atoms with Crippen LogP contribution in [-0.2, 0) is 20.4 Å². The highest BCUT2D eigenvalue weighted by Gasteiger charge is 2.16. The first-order valence-electron chi connectivity index (χ1n) is 4.70. The van der Waals surface area contributed by atoms with Gasteiger partial charge in [0.1, 0.15) is 12.4 Å². The fourth-order valence-electron chi connectivity index (χ4n) is 1.15. The van der Waals surface area contributed by atoms with Crippen molar-refractivity contribution in [3.63, 3.8) is 0 Å². The molecule has 1 N–H and O–H groups in total. The third-order valence-electron chi connectivity index (χ3n) is 1.96. The van der Waals surface area contributed by atoms with Gasteiger partial charge in [-0.2, -0.15) is 0 Å². The standard InChI is InChI=1S/C9H12ClN3O3S/c1-3-4-11-8(14)5-13-6-9(12-7(13)2)17(10,15)16/h3,6H,1,4-5H2,2H3,(H,11,14). The van der Waals surface area contributed by atoms with Crippen molar-refractivity contribution in [3.05, 3.63) is 24.7 Å². The highest BCUT2D eigenvalue weighted by molar-refractivity contribution is 8.13. The maximum Gasteiger partial charge on any atom is 0.280 e. The Labute approximate surface area is 104 Å². The number of hydrogen-bond donors (Lipinski definition) is 1. The van der Waals surface area contributed by atoms with Crippen LogP contribution in [0.3, 0.4) is 0 Å². The van der Waals surface area contributed by atoms with Crippen LogP contribution in [0.1, 0.15) is 5.82 Å². The van der Waals surface area contributed by atoms with Gasteiger partial charge in [-0.25, -0.2) is 13.4 Å². The van der Waals surface area contributed by atoms with Crippen molar-refractivity contribution in [3.8, 4) is 0 Å². The summed E-state index contributed by atoms with van der Waals surface area (Å²) in [6.07, 6.45) is 2.78. The van der Waals surface area contributed by atoms with Crippen molar-refractivity contribution in [2.75, 3.05) is 6.54 Å². The van der Waals surface area contributed by atoms with Crippen molar-refractivity contribution in [2.45, 2.75) is 18.5 Å². The van der Waals surface area contributed by atoms with E-state index in [2.05, 4.69) is 16.9 Å². The van der Waals surface area contributed by atoms with Gasteiger partial charge >= 0.3 is 0 Å².